The molecule has 0 bridgehead atoms. The molecule has 182 valence electrons. The van der Waals surface area contributed by atoms with E-state index in [4.69, 9.17) is 9.47 Å². The first-order chi connectivity index (χ1) is 17.6. The van der Waals surface area contributed by atoms with E-state index in [0.29, 0.717) is 55.4 Å². The number of benzene rings is 4. The average Bonchev–Trinajstić information content (AvgIpc) is 2.95. The first-order valence-corrected chi connectivity index (χ1v) is 12.0. The summed E-state index contributed by atoms with van der Waals surface area (Å²) in [5.41, 5.74) is 2.28. The van der Waals surface area contributed by atoms with Gasteiger partial charge in [-0.25, -0.2) is 0 Å². The van der Waals surface area contributed by atoms with Crippen LogP contribution in [-0.2, 0) is 6.61 Å². The smallest absolute Gasteiger partial charge is 0.254 e. The molecule has 4 aromatic rings. The highest BCUT2D eigenvalue weighted by Gasteiger charge is 2.26. The van der Waals surface area contributed by atoms with Crippen molar-refractivity contribution in [1.82, 2.24) is 9.80 Å². The maximum atomic E-state index is 13.2. The fourth-order valence-corrected chi connectivity index (χ4v) is 4.53. The molecule has 0 N–H and O–H groups in total. The Labute approximate surface area is 210 Å². The first-order valence-electron chi connectivity index (χ1n) is 12.0. The number of nitrogens with zero attached hydrogens (tertiary/aromatic N) is 2. The third kappa shape index (κ3) is 4.89. The number of amides is 2. The average molecular weight is 481 g/mol. The minimum atomic E-state index is -0.0832. The van der Waals surface area contributed by atoms with Gasteiger partial charge in [0.15, 0.2) is 11.5 Å². The number of rotatable bonds is 6. The summed E-state index contributed by atoms with van der Waals surface area (Å²) in [4.78, 5) is 30.1. The minimum absolute atomic E-state index is 0.000450. The van der Waals surface area contributed by atoms with Crippen molar-refractivity contribution < 1.29 is 19.1 Å². The first kappa shape index (κ1) is 23.4. The lowest BCUT2D eigenvalue weighted by Crippen LogP contribution is -2.50. The van der Waals surface area contributed by atoms with Gasteiger partial charge in [0.05, 0.1) is 7.11 Å². The molecule has 6 nitrogen and oxygen atoms in total. The minimum Gasteiger partial charge on any atom is -0.493 e. The van der Waals surface area contributed by atoms with Gasteiger partial charge in [0.25, 0.3) is 11.8 Å². The zero-order valence-electron chi connectivity index (χ0n) is 20.2. The van der Waals surface area contributed by atoms with Gasteiger partial charge in [-0.2, -0.15) is 0 Å². The Morgan fingerprint density at radius 3 is 2.14 bits per heavy atom. The Morgan fingerprint density at radius 2 is 1.39 bits per heavy atom. The predicted octanol–water partition coefficient (Wildman–Crippen LogP) is 5.03. The summed E-state index contributed by atoms with van der Waals surface area (Å²) in [6.45, 7) is 2.34. The predicted molar refractivity (Wildman–Crippen MR) is 140 cm³/mol. The third-order valence-electron chi connectivity index (χ3n) is 6.52. The van der Waals surface area contributed by atoms with Crippen LogP contribution in [0.4, 0.5) is 0 Å². The van der Waals surface area contributed by atoms with E-state index in [0.717, 1.165) is 16.3 Å². The molecule has 0 atom stereocenters. The summed E-state index contributed by atoms with van der Waals surface area (Å²) in [5, 5.41) is 1.99. The lowest BCUT2D eigenvalue weighted by atomic mass is 10.0. The van der Waals surface area contributed by atoms with Crippen molar-refractivity contribution in [2.45, 2.75) is 6.61 Å². The third-order valence-corrected chi connectivity index (χ3v) is 6.52. The number of fused-ring (bicyclic) bond motifs is 1. The van der Waals surface area contributed by atoms with Crippen LogP contribution in [0, 0.1) is 0 Å². The Kier molecular flexibility index (Phi) is 6.85. The lowest BCUT2D eigenvalue weighted by Gasteiger charge is -2.35. The molecule has 1 aliphatic heterocycles. The van der Waals surface area contributed by atoms with Crippen molar-refractivity contribution in [2.24, 2.45) is 0 Å². The number of carbonyl (C=O) groups is 2. The molecule has 0 saturated carbocycles. The lowest BCUT2D eigenvalue weighted by molar-refractivity contribution is 0.0536. The van der Waals surface area contributed by atoms with E-state index in [1.807, 2.05) is 77.7 Å². The van der Waals surface area contributed by atoms with E-state index in [9.17, 15) is 9.59 Å². The van der Waals surface area contributed by atoms with Gasteiger partial charge in [0, 0.05) is 37.3 Å². The van der Waals surface area contributed by atoms with Gasteiger partial charge < -0.3 is 19.3 Å². The van der Waals surface area contributed by atoms with Gasteiger partial charge in [-0.3, -0.25) is 9.59 Å². The molecule has 0 unspecified atom stereocenters. The van der Waals surface area contributed by atoms with Crippen LogP contribution < -0.4 is 9.47 Å². The summed E-state index contributed by atoms with van der Waals surface area (Å²) < 4.78 is 11.4. The van der Waals surface area contributed by atoms with Gasteiger partial charge in [0.2, 0.25) is 0 Å². The van der Waals surface area contributed by atoms with Crippen molar-refractivity contribution in [2.75, 3.05) is 33.3 Å². The van der Waals surface area contributed by atoms with Crippen LogP contribution in [0.3, 0.4) is 0 Å². The van der Waals surface area contributed by atoms with Crippen LogP contribution in [0.5, 0.6) is 11.5 Å². The van der Waals surface area contributed by atoms with Crippen molar-refractivity contribution in [3.05, 3.63) is 108 Å². The van der Waals surface area contributed by atoms with E-state index in [-0.39, 0.29) is 11.8 Å². The van der Waals surface area contributed by atoms with E-state index in [1.165, 1.54) is 0 Å². The van der Waals surface area contributed by atoms with Crippen LogP contribution in [0.15, 0.2) is 91.0 Å². The van der Waals surface area contributed by atoms with Crippen LogP contribution in [0.2, 0.25) is 0 Å². The fourth-order valence-electron chi connectivity index (χ4n) is 4.53. The quantitative estimate of drug-likeness (QED) is 0.389. The molecular weight excluding hydrogens is 452 g/mol. The molecule has 0 radical (unpaired) electrons. The standard InChI is InChI=1S/C30H28N2O4/c1-35-28-20-24(14-15-27(28)36-21-22-8-3-2-4-9-22)29(33)31-16-18-32(19-17-31)30(34)26-13-7-11-23-10-5-6-12-25(23)26/h2-15,20H,16-19,21H2,1H3. The molecule has 36 heavy (non-hydrogen) atoms. The maximum Gasteiger partial charge on any atom is 0.254 e. The summed E-state index contributed by atoms with van der Waals surface area (Å²) in [7, 11) is 1.57. The summed E-state index contributed by atoms with van der Waals surface area (Å²) in [5.74, 6) is 1.02. The number of carbonyl (C=O) groups excluding carboxylic acids is 2. The summed E-state index contributed by atoms with van der Waals surface area (Å²) in [6.07, 6.45) is 0. The van der Waals surface area contributed by atoms with Gasteiger partial charge >= 0.3 is 0 Å². The normalized spacial score (nSPS) is 13.5. The van der Waals surface area contributed by atoms with E-state index >= 15 is 0 Å². The number of hydrogen-bond donors (Lipinski definition) is 0. The Bertz CT molecular complexity index is 1370. The molecule has 6 heteroatoms. The van der Waals surface area contributed by atoms with Gasteiger partial charge in [-0.1, -0.05) is 66.7 Å². The summed E-state index contributed by atoms with van der Waals surface area (Å²) in [6, 6.07) is 28.8. The van der Waals surface area contributed by atoms with Gasteiger partial charge in [0.1, 0.15) is 6.61 Å². The maximum absolute atomic E-state index is 13.2. The molecule has 0 aromatic heterocycles. The second-order valence-electron chi connectivity index (χ2n) is 8.75. The topological polar surface area (TPSA) is 59.1 Å². The number of methoxy groups -OCH3 is 1. The fraction of sp³-hybridized carbons (Fsp3) is 0.200. The van der Waals surface area contributed by atoms with Crippen LogP contribution in [0.25, 0.3) is 10.8 Å². The summed E-state index contributed by atoms with van der Waals surface area (Å²) >= 11 is 0. The van der Waals surface area contributed by atoms with Gasteiger partial charge in [-0.15, -0.1) is 0 Å². The second-order valence-corrected chi connectivity index (χ2v) is 8.75. The van der Waals surface area contributed by atoms with Crippen LogP contribution >= 0.6 is 0 Å². The highest BCUT2D eigenvalue weighted by Crippen LogP contribution is 2.29. The van der Waals surface area contributed by atoms with Crippen molar-refractivity contribution in [1.29, 1.82) is 0 Å². The molecule has 1 aliphatic rings. The van der Waals surface area contributed by atoms with Crippen LogP contribution in [0.1, 0.15) is 26.3 Å². The van der Waals surface area contributed by atoms with Crippen molar-refractivity contribution in [3.8, 4) is 11.5 Å². The highest BCUT2D eigenvalue weighted by molar-refractivity contribution is 6.07. The second kappa shape index (κ2) is 10.5. The zero-order valence-corrected chi connectivity index (χ0v) is 20.2. The Hall–Kier alpha value is -4.32. The van der Waals surface area contributed by atoms with E-state index < -0.39 is 0 Å². The van der Waals surface area contributed by atoms with E-state index in [1.54, 1.807) is 30.2 Å². The Morgan fingerprint density at radius 1 is 0.722 bits per heavy atom. The molecule has 1 heterocycles. The molecule has 1 saturated heterocycles. The highest BCUT2D eigenvalue weighted by atomic mass is 16.5. The molecular formula is C30H28N2O4. The number of ether oxygens (including phenoxy) is 2. The largest absolute Gasteiger partial charge is 0.493 e. The monoisotopic (exact) mass is 480 g/mol. The zero-order chi connectivity index (χ0) is 24.9. The van der Waals surface area contributed by atoms with Crippen LogP contribution in [-0.4, -0.2) is 54.9 Å². The van der Waals surface area contributed by atoms with E-state index in [2.05, 4.69) is 0 Å². The Balaban J connectivity index is 1.23. The molecule has 5 rings (SSSR count). The molecule has 0 spiro atoms. The SMILES string of the molecule is COc1cc(C(=O)N2CCN(C(=O)c3cccc4ccccc34)CC2)ccc1OCc1ccccc1. The molecule has 2 amide bonds. The number of piperazine rings is 1. The molecule has 4 aromatic carbocycles. The van der Waals surface area contributed by atoms with Gasteiger partial charge in [-0.05, 0) is 40.6 Å². The molecule has 0 aliphatic carbocycles. The van der Waals surface area contributed by atoms with Crippen molar-refractivity contribution in [3.63, 3.8) is 0 Å². The number of hydrogen-bond acceptors (Lipinski definition) is 4. The van der Waals surface area contributed by atoms with Crippen molar-refractivity contribution >= 4 is 22.6 Å². The molecule has 1 fully saturated rings.